The Bertz CT molecular complexity index is 883. The van der Waals surface area contributed by atoms with Crippen molar-refractivity contribution in [3.8, 4) is 0 Å². The summed E-state index contributed by atoms with van der Waals surface area (Å²) in [5.41, 5.74) is 0. The van der Waals surface area contributed by atoms with Gasteiger partial charge in [0.15, 0.2) is 11.5 Å². The third-order valence-corrected chi connectivity index (χ3v) is 8.66. The van der Waals surface area contributed by atoms with Crippen molar-refractivity contribution in [1.82, 2.24) is 0 Å². The largest absolute Gasteiger partial charge is 0.492 e. The van der Waals surface area contributed by atoms with Gasteiger partial charge in [-0.2, -0.15) is 0 Å². The Morgan fingerprint density at radius 2 is 1.06 bits per heavy atom. The Balaban J connectivity index is 2.25. The van der Waals surface area contributed by atoms with Gasteiger partial charge < -0.3 is 18.9 Å². The average Bonchev–Trinajstić information content (AvgIpc) is 2.79. The quantitative estimate of drug-likeness (QED) is 0.311. The maximum Gasteiger partial charge on any atom is 0.335 e. The van der Waals surface area contributed by atoms with E-state index in [9.17, 15) is 19.2 Å². The minimum atomic E-state index is -2.15. The SMILES string of the molecule is COC(=O)[C@]1(Cl)C(=O)C(OC)=C(Cl)C2CC3C(CC21)C(Cl)=C(OC)C(=O)[C@@]3(Cl)C(=O)OC. The lowest BCUT2D eigenvalue weighted by Gasteiger charge is -2.52. The third kappa shape index (κ3) is 3.17. The van der Waals surface area contributed by atoms with Crippen LogP contribution in [0.5, 0.6) is 0 Å². The van der Waals surface area contributed by atoms with E-state index in [2.05, 4.69) is 0 Å². The topological polar surface area (TPSA) is 105 Å². The molecule has 4 unspecified atom stereocenters. The monoisotopic (exact) mass is 528 g/mol. The Labute approximate surface area is 204 Å². The summed E-state index contributed by atoms with van der Waals surface area (Å²) in [5.74, 6) is -7.56. The van der Waals surface area contributed by atoms with Gasteiger partial charge in [-0.3, -0.25) is 9.59 Å². The molecule has 0 aromatic rings. The standard InChI is InChI=1S/C20H20Cl4O8/c1-29-13-11(21)7-5-10-8(6-9(7)19(23,15(13)25)17(27)31-3)12(22)14(30-2)16(26)20(10,24)18(28)32-4/h7-10H,5-6H2,1-4H3/t7?,8?,9?,10?,19-,20-/m1/s1. The van der Waals surface area contributed by atoms with Gasteiger partial charge in [0.05, 0.1) is 38.5 Å². The van der Waals surface area contributed by atoms with E-state index < -0.39 is 56.9 Å². The van der Waals surface area contributed by atoms with Crippen molar-refractivity contribution >= 4 is 69.9 Å². The zero-order chi connectivity index (χ0) is 24.2. The smallest absolute Gasteiger partial charge is 0.335 e. The van der Waals surface area contributed by atoms with E-state index in [4.69, 9.17) is 65.4 Å². The highest BCUT2D eigenvalue weighted by Gasteiger charge is 2.68. The van der Waals surface area contributed by atoms with Crippen molar-refractivity contribution in [2.24, 2.45) is 23.7 Å². The van der Waals surface area contributed by atoms with E-state index in [1.54, 1.807) is 0 Å². The number of hydrogen-bond acceptors (Lipinski definition) is 8. The van der Waals surface area contributed by atoms with E-state index in [1.165, 1.54) is 14.2 Å². The fourth-order valence-electron chi connectivity index (χ4n) is 5.03. The number of methoxy groups -OCH3 is 4. The van der Waals surface area contributed by atoms with Crippen LogP contribution in [0.3, 0.4) is 0 Å². The van der Waals surface area contributed by atoms with Gasteiger partial charge in [-0.25, -0.2) is 9.59 Å². The van der Waals surface area contributed by atoms with Crippen molar-refractivity contribution in [3.05, 3.63) is 21.6 Å². The molecule has 32 heavy (non-hydrogen) atoms. The Morgan fingerprint density at radius 1 is 0.750 bits per heavy atom. The zero-order valence-corrected chi connectivity index (χ0v) is 20.5. The first-order valence-electron chi connectivity index (χ1n) is 9.48. The highest BCUT2D eigenvalue weighted by Crippen LogP contribution is 2.60. The number of allylic oxidation sites excluding steroid dienone is 4. The predicted octanol–water partition coefficient (Wildman–Crippen LogP) is 2.91. The molecule has 0 aliphatic heterocycles. The van der Waals surface area contributed by atoms with E-state index in [0.717, 1.165) is 14.2 Å². The van der Waals surface area contributed by atoms with Crippen LogP contribution in [0.2, 0.25) is 0 Å². The van der Waals surface area contributed by atoms with Gasteiger partial charge in [0.2, 0.25) is 21.3 Å². The number of fused-ring (bicyclic) bond motifs is 2. The van der Waals surface area contributed by atoms with Crippen LogP contribution in [-0.4, -0.2) is 61.7 Å². The summed E-state index contributed by atoms with van der Waals surface area (Å²) in [6.45, 7) is 0. The molecule has 0 bridgehead atoms. The summed E-state index contributed by atoms with van der Waals surface area (Å²) >= 11 is 26.3. The van der Waals surface area contributed by atoms with Crippen molar-refractivity contribution in [2.45, 2.75) is 22.6 Å². The highest BCUT2D eigenvalue weighted by molar-refractivity contribution is 6.51. The van der Waals surface area contributed by atoms with Crippen LogP contribution in [0.15, 0.2) is 21.6 Å². The highest BCUT2D eigenvalue weighted by atomic mass is 35.5. The van der Waals surface area contributed by atoms with Gasteiger partial charge in [0.25, 0.3) is 0 Å². The normalized spacial score (nSPS) is 36.9. The second-order valence-corrected chi connectivity index (χ2v) is 9.73. The molecule has 0 N–H and O–H groups in total. The number of carbonyl (C=O) groups is 4. The van der Waals surface area contributed by atoms with Crippen molar-refractivity contribution < 1.29 is 38.1 Å². The maximum atomic E-state index is 13.1. The second kappa shape index (κ2) is 8.70. The number of hydrogen-bond donors (Lipinski definition) is 0. The summed E-state index contributed by atoms with van der Waals surface area (Å²) in [6, 6.07) is 0. The molecule has 8 nitrogen and oxygen atoms in total. The van der Waals surface area contributed by atoms with Crippen LogP contribution >= 0.6 is 46.4 Å². The lowest BCUT2D eigenvalue weighted by molar-refractivity contribution is -0.156. The lowest BCUT2D eigenvalue weighted by Crippen LogP contribution is -2.62. The van der Waals surface area contributed by atoms with E-state index in [-0.39, 0.29) is 34.4 Å². The molecule has 6 atom stereocenters. The summed E-state index contributed by atoms with van der Waals surface area (Å²) in [6.07, 6.45) is -0.0331. The van der Waals surface area contributed by atoms with Gasteiger partial charge >= 0.3 is 11.9 Å². The van der Waals surface area contributed by atoms with Crippen molar-refractivity contribution in [3.63, 3.8) is 0 Å². The average molecular weight is 530 g/mol. The van der Waals surface area contributed by atoms with Gasteiger partial charge in [0, 0.05) is 23.7 Å². The summed E-state index contributed by atoms with van der Waals surface area (Å²) in [7, 11) is 4.63. The predicted molar refractivity (Wildman–Crippen MR) is 114 cm³/mol. The molecule has 12 heteroatoms. The fourth-order valence-corrected chi connectivity index (χ4v) is 6.65. The fraction of sp³-hybridized carbons (Fsp3) is 0.600. The van der Waals surface area contributed by atoms with Crippen molar-refractivity contribution in [1.29, 1.82) is 0 Å². The molecule has 1 fully saturated rings. The number of rotatable bonds is 4. The Morgan fingerprint density at radius 3 is 1.31 bits per heavy atom. The summed E-state index contributed by atoms with van der Waals surface area (Å²) in [5, 5.41) is 0.0187. The van der Waals surface area contributed by atoms with E-state index in [0.29, 0.717) is 0 Å². The molecule has 0 aromatic heterocycles. The van der Waals surface area contributed by atoms with Crippen LogP contribution in [0.4, 0.5) is 0 Å². The second-order valence-electron chi connectivity index (χ2n) is 7.72. The number of carbonyl (C=O) groups excluding carboxylic acids is 4. The minimum Gasteiger partial charge on any atom is -0.492 e. The third-order valence-electron chi connectivity index (χ3n) is 6.54. The number of Topliss-reactive ketones (excluding diaryl/α,β-unsaturated/α-hetero) is 2. The number of halogens is 4. The van der Waals surface area contributed by atoms with Crippen molar-refractivity contribution in [2.75, 3.05) is 28.4 Å². The van der Waals surface area contributed by atoms with Gasteiger partial charge in [-0.1, -0.05) is 46.4 Å². The molecule has 3 aliphatic rings. The molecule has 0 saturated heterocycles. The molecule has 0 aromatic carbocycles. The number of esters is 2. The van der Waals surface area contributed by atoms with Crippen LogP contribution in [-0.2, 0) is 38.1 Å². The first-order chi connectivity index (χ1) is 15.0. The molecule has 0 heterocycles. The minimum absolute atomic E-state index is 0.00935. The lowest BCUT2D eigenvalue weighted by atomic mass is 9.56. The van der Waals surface area contributed by atoms with Crippen LogP contribution in [0.25, 0.3) is 0 Å². The number of alkyl halides is 2. The molecular formula is C20H20Cl4O8. The zero-order valence-electron chi connectivity index (χ0n) is 17.5. The van der Waals surface area contributed by atoms with Gasteiger partial charge in [0.1, 0.15) is 0 Å². The first kappa shape index (κ1) is 25.1. The Kier molecular flexibility index (Phi) is 6.84. The molecule has 0 radical (unpaired) electrons. The molecule has 0 spiro atoms. The maximum absolute atomic E-state index is 13.1. The van der Waals surface area contributed by atoms with Crippen LogP contribution < -0.4 is 0 Å². The van der Waals surface area contributed by atoms with E-state index >= 15 is 0 Å². The molecular weight excluding hydrogens is 510 g/mol. The van der Waals surface area contributed by atoms with Crippen LogP contribution in [0, 0.1) is 23.7 Å². The molecule has 176 valence electrons. The van der Waals surface area contributed by atoms with Crippen LogP contribution in [0.1, 0.15) is 12.8 Å². The molecule has 3 rings (SSSR count). The van der Waals surface area contributed by atoms with Gasteiger partial charge in [-0.05, 0) is 12.8 Å². The first-order valence-corrected chi connectivity index (χ1v) is 11.0. The summed E-state index contributed by atoms with van der Waals surface area (Å²) in [4.78, 5) is 47.3. The molecule has 0 amide bonds. The molecule has 3 aliphatic carbocycles. The van der Waals surface area contributed by atoms with Gasteiger partial charge in [-0.15, -0.1) is 0 Å². The van der Waals surface area contributed by atoms with E-state index in [1.807, 2.05) is 0 Å². The Hall–Kier alpha value is -1.48. The summed E-state index contributed by atoms with van der Waals surface area (Å²) < 4.78 is 19.9. The number of ketones is 2. The molecule has 1 saturated carbocycles. The number of ether oxygens (including phenoxy) is 4.